The number of benzene rings is 2. The molecule has 32 heavy (non-hydrogen) atoms. The number of hydrogen-bond donors (Lipinski definition) is 1. The van der Waals surface area contributed by atoms with E-state index in [-0.39, 0.29) is 23.6 Å². The van der Waals surface area contributed by atoms with E-state index in [1.165, 1.54) is 0 Å². The summed E-state index contributed by atoms with van der Waals surface area (Å²) in [7, 11) is 0. The first-order valence-electron chi connectivity index (χ1n) is 10.4. The Morgan fingerprint density at radius 3 is 2.19 bits per heavy atom. The summed E-state index contributed by atoms with van der Waals surface area (Å²) >= 11 is 1.63. The van der Waals surface area contributed by atoms with Gasteiger partial charge in [0.2, 0.25) is 0 Å². The number of carbonyl (C=O) groups is 3. The van der Waals surface area contributed by atoms with Crippen LogP contribution in [0.15, 0.2) is 65.2 Å². The molecule has 168 valence electrons. The van der Waals surface area contributed by atoms with Crippen molar-refractivity contribution >= 4 is 35.7 Å². The van der Waals surface area contributed by atoms with E-state index >= 15 is 0 Å². The predicted octanol–water partition coefficient (Wildman–Crippen LogP) is 3.48. The van der Waals surface area contributed by atoms with E-state index in [0.717, 1.165) is 10.5 Å². The van der Waals surface area contributed by atoms with Crippen LogP contribution in [0.2, 0.25) is 0 Å². The first-order chi connectivity index (χ1) is 15.5. The van der Waals surface area contributed by atoms with Gasteiger partial charge in [0.15, 0.2) is 0 Å². The van der Waals surface area contributed by atoms with Gasteiger partial charge in [-0.1, -0.05) is 30.3 Å². The topological polar surface area (TPSA) is 79.0 Å². The van der Waals surface area contributed by atoms with Gasteiger partial charge in [-0.25, -0.2) is 4.79 Å². The lowest BCUT2D eigenvalue weighted by molar-refractivity contribution is -0.128. The van der Waals surface area contributed by atoms with E-state index in [4.69, 9.17) is 4.74 Å². The summed E-state index contributed by atoms with van der Waals surface area (Å²) in [5.74, 6) is -0.636. The molecule has 1 fully saturated rings. The van der Waals surface area contributed by atoms with Crippen LogP contribution in [0.4, 0.5) is 4.79 Å². The summed E-state index contributed by atoms with van der Waals surface area (Å²) < 4.78 is 5.04. The molecule has 1 heterocycles. The molecule has 1 N–H and O–H groups in total. The average Bonchev–Trinajstić information content (AvgIpc) is 2.84. The Morgan fingerprint density at radius 2 is 1.59 bits per heavy atom. The van der Waals surface area contributed by atoms with Crippen LogP contribution < -0.4 is 5.32 Å². The number of amides is 3. The van der Waals surface area contributed by atoms with Gasteiger partial charge in [-0.3, -0.25) is 9.59 Å². The minimum absolute atomic E-state index is 0.195. The number of piperazine rings is 1. The summed E-state index contributed by atoms with van der Waals surface area (Å²) in [6.07, 6.45) is 3.31. The lowest BCUT2D eigenvalue weighted by atomic mass is 10.1. The Balaban J connectivity index is 1.78. The molecular formula is C24H27N3O4S. The summed E-state index contributed by atoms with van der Waals surface area (Å²) in [5.41, 5.74) is 1.47. The van der Waals surface area contributed by atoms with Crippen LogP contribution in [0, 0.1) is 0 Å². The van der Waals surface area contributed by atoms with Crippen LogP contribution in [0.25, 0.3) is 6.08 Å². The fourth-order valence-electron chi connectivity index (χ4n) is 3.28. The van der Waals surface area contributed by atoms with E-state index in [0.29, 0.717) is 38.3 Å². The first kappa shape index (κ1) is 23.4. The highest BCUT2D eigenvalue weighted by molar-refractivity contribution is 7.98. The Morgan fingerprint density at radius 1 is 0.969 bits per heavy atom. The van der Waals surface area contributed by atoms with Crippen LogP contribution >= 0.6 is 11.8 Å². The van der Waals surface area contributed by atoms with Gasteiger partial charge in [0, 0.05) is 36.6 Å². The minimum Gasteiger partial charge on any atom is -0.450 e. The molecule has 7 nitrogen and oxygen atoms in total. The van der Waals surface area contributed by atoms with Crippen molar-refractivity contribution in [2.75, 3.05) is 39.0 Å². The van der Waals surface area contributed by atoms with Crippen LogP contribution in [0.1, 0.15) is 22.8 Å². The van der Waals surface area contributed by atoms with Gasteiger partial charge in [-0.15, -0.1) is 11.8 Å². The second kappa shape index (κ2) is 11.4. The molecular weight excluding hydrogens is 426 g/mol. The van der Waals surface area contributed by atoms with Crippen molar-refractivity contribution in [2.45, 2.75) is 11.8 Å². The van der Waals surface area contributed by atoms with Gasteiger partial charge in [0.25, 0.3) is 11.8 Å². The fourth-order valence-corrected chi connectivity index (χ4v) is 3.69. The van der Waals surface area contributed by atoms with Crippen molar-refractivity contribution in [1.82, 2.24) is 15.1 Å². The second-order valence-electron chi connectivity index (χ2n) is 7.13. The van der Waals surface area contributed by atoms with Crippen molar-refractivity contribution in [3.05, 3.63) is 71.4 Å². The Bertz CT molecular complexity index is 968. The van der Waals surface area contributed by atoms with Crippen molar-refractivity contribution in [2.24, 2.45) is 0 Å². The lowest BCUT2D eigenvalue weighted by Crippen LogP contribution is -2.52. The van der Waals surface area contributed by atoms with Gasteiger partial charge in [-0.2, -0.15) is 0 Å². The van der Waals surface area contributed by atoms with Crippen LogP contribution in [0.5, 0.6) is 0 Å². The summed E-state index contributed by atoms with van der Waals surface area (Å²) in [4.78, 5) is 42.3. The summed E-state index contributed by atoms with van der Waals surface area (Å²) in [6.45, 7) is 3.56. The van der Waals surface area contributed by atoms with E-state index in [9.17, 15) is 14.4 Å². The molecule has 3 amide bonds. The zero-order valence-corrected chi connectivity index (χ0v) is 19.1. The quantitative estimate of drug-likeness (QED) is 0.535. The maximum Gasteiger partial charge on any atom is 0.409 e. The average molecular weight is 454 g/mol. The highest BCUT2D eigenvalue weighted by atomic mass is 32.2. The van der Waals surface area contributed by atoms with Gasteiger partial charge in [0.05, 0.1) is 6.61 Å². The number of hydrogen-bond acceptors (Lipinski definition) is 5. The highest BCUT2D eigenvalue weighted by Gasteiger charge is 2.27. The molecule has 0 aliphatic carbocycles. The van der Waals surface area contributed by atoms with Gasteiger partial charge in [0.1, 0.15) is 5.70 Å². The Labute approximate surface area is 192 Å². The third kappa shape index (κ3) is 6.13. The molecule has 0 radical (unpaired) electrons. The molecule has 0 unspecified atom stereocenters. The molecule has 3 rings (SSSR count). The molecule has 2 aromatic carbocycles. The zero-order valence-electron chi connectivity index (χ0n) is 18.2. The van der Waals surface area contributed by atoms with Gasteiger partial charge >= 0.3 is 6.09 Å². The van der Waals surface area contributed by atoms with Crippen LogP contribution in [0.3, 0.4) is 0 Å². The van der Waals surface area contributed by atoms with E-state index in [1.807, 2.05) is 36.6 Å². The lowest BCUT2D eigenvalue weighted by Gasteiger charge is -2.34. The molecule has 1 aliphatic rings. The molecule has 0 bridgehead atoms. The minimum atomic E-state index is -0.373. The van der Waals surface area contributed by atoms with E-state index in [1.54, 1.807) is 58.8 Å². The first-order valence-corrected chi connectivity index (χ1v) is 11.7. The van der Waals surface area contributed by atoms with E-state index in [2.05, 4.69) is 5.32 Å². The van der Waals surface area contributed by atoms with Crippen molar-refractivity contribution < 1.29 is 19.1 Å². The second-order valence-corrected chi connectivity index (χ2v) is 8.01. The van der Waals surface area contributed by atoms with Gasteiger partial charge < -0.3 is 19.9 Å². The predicted molar refractivity (Wildman–Crippen MR) is 125 cm³/mol. The highest BCUT2D eigenvalue weighted by Crippen LogP contribution is 2.17. The summed E-state index contributed by atoms with van der Waals surface area (Å²) in [5, 5.41) is 2.78. The monoisotopic (exact) mass is 453 g/mol. The molecule has 0 aromatic heterocycles. The van der Waals surface area contributed by atoms with Crippen LogP contribution in [-0.4, -0.2) is 66.7 Å². The summed E-state index contributed by atoms with van der Waals surface area (Å²) in [6, 6.07) is 16.5. The SMILES string of the molecule is CCOC(=O)N1CCN(C(=O)/C(=C/c2ccc(SC)cc2)NC(=O)c2ccccc2)CC1. The third-order valence-corrected chi connectivity index (χ3v) is 5.78. The number of rotatable bonds is 6. The number of ether oxygens (including phenoxy) is 1. The third-order valence-electron chi connectivity index (χ3n) is 5.03. The molecule has 0 saturated carbocycles. The maximum atomic E-state index is 13.3. The smallest absolute Gasteiger partial charge is 0.409 e. The zero-order chi connectivity index (χ0) is 22.9. The van der Waals surface area contributed by atoms with Crippen molar-refractivity contribution in [3.63, 3.8) is 0 Å². The van der Waals surface area contributed by atoms with Crippen molar-refractivity contribution in [1.29, 1.82) is 0 Å². The van der Waals surface area contributed by atoms with Gasteiger partial charge in [-0.05, 0) is 49.1 Å². The largest absolute Gasteiger partial charge is 0.450 e. The number of nitrogens with zero attached hydrogens (tertiary/aromatic N) is 2. The Hall–Kier alpha value is -3.26. The molecule has 0 atom stereocenters. The number of thioether (sulfide) groups is 1. The van der Waals surface area contributed by atoms with E-state index < -0.39 is 0 Å². The molecule has 1 saturated heterocycles. The number of carbonyl (C=O) groups excluding carboxylic acids is 3. The van der Waals surface area contributed by atoms with Crippen LogP contribution in [-0.2, 0) is 9.53 Å². The standard InChI is InChI=1S/C24H27N3O4S/c1-3-31-24(30)27-15-13-26(14-16-27)23(29)21(17-18-9-11-20(32-2)12-10-18)25-22(28)19-7-5-4-6-8-19/h4-12,17H,3,13-16H2,1-2H3,(H,25,28)/b21-17-. The van der Waals surface area contributed by atoms with Crippen molar-refractivity contribution in [3.8, 4) is 0 Å². The fraction of sp³-hybridized carbons (Fsp3) is 0.292. The Kier molecular flexibility index (Phi) is 8.33. The molecule has 1 aliphatic heterocycles. The molecule has 2 aromatic rings. The normalized spacial score (nSPS) is 14.1. The molecule has 8 heteroatoms. The molecule has 0 spiro atoms. The maximum absolute atomic E-state index is 13.3. The number of nitrogens with one attached hydrogen (secondary N) is 1.